The monoisotopic (exact) mass is 242 g/mol. The Morgan fingerprint density at radius 3 is 2.88 bits per heavy atom. The van der Waals surface area contributed by atoms with Crippen molar-refractivity contribution < 1.29 is 13.2 Å². The lowest BCUT2D eigenvalue weighted by molar-refractivity contribution is -0.121. The van der Waals surface area contributed by atoms with Crippen LogP contribution in [0, 0.1) is 5.92 Å². The van der Waals surface area contributed by atoms with Gasteiger partial charge in [0.2, 0.25) is 0 Å². The van der Waals surface area contributed by atoms with E-state index in [9.17, 15) is 13.2 Å². The molecule has 0 radical (unpaired) electrons. The molecule has 2 rings (SSSR count). The van der Waals surface area contributed by atoms with Crippen LogP contribution in [0.5, 0.6) is 0 Å². The van der Waals surface area contributed by atoms with Crippen LogP contribution in [0.25, 0.3) is 0 Å². The third-order valence-electron chi connectivity index (χ3n) is 2.82. The Balaban J connectivity index is 1.99. The molecule has 0 bridgehead atoms. The quantitative estimate of drug-likeness (QED) is 0.746. The lowest BCUT2D eigenvalue weighted by Gasteiger charge is -2.04. The van der Waals surface area contributed by atoms with Gasteiger partial charge in [-0.3, -0.25) is 9.48 Å². The molecule has 1 aliphatic heterocycles. The van der Waals surface area contributed by atoms with E-state index in [1.807, 2.05) is 0 Å². The first kappa shape index (κ1) is 11.3. The van der Waals surface area contributed by atoms with Gasteiger partial charge in [-0.1, -0.05) is 0 Å². The fourth-order valence-electron chi connectivity index (χ4n) is 1.96. The van der Waals surface area contributed by atoms with Crippen molar-refractivity contribution in [1.82, 2.24) is 9.78 Å². The predicted molar refractivity (Wildman–Crippen MR) is 58.7 cm³/mol. The number of sulfone groups is 1. The molecule has 6 heteroatoms. The number of ketones is 1. The van der Waals surface area contributed by atoms with Crippen LogP contribution in [0.2, 0.25) is 0 Å². The number of Topliss-reactive ketones (excluding diaryl/α,β-unsaturated/α-hetero) is 1. The second-order valence-electron chi connectivity index (χ2n) is 4.27. The Labute approximate surface area is 94.4 Å². The van der Waals surface area contributed by atoms with Crippen LogP contribution in [0.3, 0.4) is 0 Å². The summed E-state index contributed by atoms with van der Waals surface area (Å²) in [5.41, 5.74) is 0.844. The van der Waals surface area contributed by atoms with Crippen LogP contribution >= 0.6 is 0 Å². The van der Waals surface area contributed by atoms with Gasteiger partial charge in [0.05, 0.1) is 17.7 Å². The van der Waals surface area contributed by atoms with Crippen molar-refractivity contribution in [2.24, 2.45) is 13.0 Å². The van der Waals surface area contributed by atoms with E-state index < -0.39 is 9.84 Å². The highest BCUT2D eigenvalue weighted by molar-refractivity contribution is 7.91. The molecule has 0 N–H and O–H groups in total. The zero-order valence-electron chi connectivity index (χ0n) is 9.09. The van der Waals surface area contributed by atoms with Crippen molar-refractivity contribution in [3.8, 4) is 0 Å². The summed E-state index contributed by atoms with van der Waals surface area (Å²) in [7, 11) is -1.18. The molecule has 0 amide bonds. The van der Waals surface area contributed by atoms with Crippen molar-refractivity contribution >= 4 is 15.6 Å². The van der Waals surface area contributed by atoms with Gasteiger partial charge in [-0.15, -0.1) is 0 Å². The highest BCUT2D eigenvalue weighted by Crippen LogP contribution is 2.20. The number of nitrogens with zero attached hydrogens (tertiary/aromatic N) is 2. The number of rotatable bonds is 3. The topological polar surface area (TPSA) is 69.0 Å². The van der Waals surface area contributed by atoms with Gasteiger partial charge in [0.1, 0.15) is 5.78 Å². The fraction of sp³-hybridized carbons (Fsp3) is 0.600. The van der Waals surface area contributed by atoms with Crippen molar-refractivity contribution in [3.63, 3.8) is 0 Å². The third kappa shape index (κ3) is 2.49. The summed E-state index contributed by atoms with van der Waals surface area (Å²) in [5, 5.41) is 3.97. The molecule has 88 valence electrons. The number of carbonyl (C=O) groups is 1. The number of hydrogen-bond acceptors (Lipinski definition) is 4. The third-order valence-corrected chi connectivity index (χ3v) is 4.59. The van der Waals surface area contributed by atoms with Gasteiger partial charge in [0.15, 0.2) is 9.84 Å². The fourth-order valence-corrected chi connectivity index (χ4v) is 3.73. The van der Waals surface area contributed by atoms with Crippen LogP contribution in [-0.4, -0.2) is 35.5 Å². The van der Waals surface area contributed by atoms with E-state index >= 15 is 0 Å². The molecule has 1 atom stereocenters. The van der Waals surface area contributed by atoms with Gasteiger partial charge in [-0.25, -0.2) is 8.42 Å². The Bertz CT molecular complexity index is 504. The Hall–Kier alpha value is -1.17. The summed E-state index contributed by atoms with van der Waals surface area (Å²) in [4.78, 5) is 11.8. The average Bonchev–Trinajstić information content (AvgIpc) is 2.72. The van der Waals surface area contributed by atoms with Crippen molar-refractivity contribution in [2.75, 3.05) is 11.5 Å². The minimum atomic E-state index is -2.97. The van der Waals surface area contributed by atoms with Crippen LogP contribution in [0.15, 0.2) is 12.4 Å². The SMILES string of the molecule is Cn1cc(CC(=O)C2CCS(=O)(=O)C2)cn1. The lowest BCUT2D eigenvalue weighted by Crippen LogP contribution is -2.17. The Morgan fingerprint density at radius 2 is 2.38 bits per heavy atom. The van der Waals surface area contributed by atoms with E-state index in [0.29, 0.717) is 6.42 Å². The molecular formula is C10H14N2O3S. The number of aromatic nitrogens is 2. The van der Waals surface area contributed by atoms with Gasteiger partial charge in [0.25, 0.3) is 0 Å². The first-order chi connectivity index (χ1) is 7.46. The van der Waals surface area contributed by atoms with Gasteiger partial charge >= 0.3 is 0 Å². The molecule has 5 nitrogen and oxygen atoms in total. The molecule has 0 spiro atoms. The summed E-state index contributed by atoms with van der Waals surface area (Å²) in [6, 6.07) is 0. The first-order valence-corrected chi connectivity index (χ1v) is 6.99. The molecule has 1 aromatic heterocycles. The molecular weight excluding hydrogens is 228 g/mol. The average molecular weight is 242 g/mol. The van der Waals surface area contributed by atoms with Crippen LogP contribution in [0.1, 0.15) is 12.0 Å². The van der Waals surface area contributed by atoms with Crippen LogP contribution < -0.4 is 0 Å². The largest absolute Gasteiger partial charge is 0.299 e. The summed E-state index contributed by atoms with van der Waals surface area (Å²) in [6.45, 7) is 0. The van der Waals surface area contributed by atoms with Gasteiger partial charge in [-0.05, 0) is 12.0 Å². The van der Waals surface area contributed by atoms with E-state index in [1.165, 1.54) is 0 Å². The normalized spacial score (nSPS) is 23.4. The standard InChI is InChI=1S/C10H14N2O3S/c1-12-6-8(5-11-12)4-10(13)9-2-3-16(14,15)7-9/h5-6,9H,2-4,7H2,1H3. The van der Waals surface area contributed by atoms with Crippen molar-refractivity contribution in [2.45, 2.75) is 12.8 Å². The smallest absolute Gasteiger partial charge is 0.151 e. The maximum absolute atomic E-state index is 11.8. The summed E-state index contributed by atoms with van der Waals surface area (Å²) in [5.74, 6) is -0.137. The summed E-state index contributed by atoms with van der Waals surface area (Å²) >= 11 is 0. The van der Waals surface area contributed by atoms with E-state index in [1.54, 1.807) is 24.1 Å². The Morgan fingerprint density at radius 1 is 1.62 bits per heavy atom. The van der Waals surface area contributed by atoms with E-state index in [2.05, 4.69) is 5.10 Å². The predicted octanol–water partition coefficient (Wildman–Crippen LogP) is -0.0336. The van der Waals surface area contributed by atoms with Gasteiger partial charge < -0.3 is 0 Å². The molecule has 0 aliphatic carbocycles. The number of carbonyl (C=O) groups excluding carboxylic acids is 1. The molecule has 1 unspecified atom stereocenters. The van der Waals surface area contributed by atoms with E-state index in [-0.39, 0.29) is 29.6 Å². The van der Waals surface area contributed by atoms with Crippen LogP contribution in [-0.2, 0) is 28.1 Å². The molecule has 1 aromatic rings. The van der Waals surface area contributed by atoms with Crippen LogP contribution in [0.4, 0.5) is 0 Å². The zero-order chi connectivity index (χ0) is 11.8. The Kier molecular flexibility index (Phi) is 2.84. The van der Waals surface area contributed by atoms with E-state index in [4.69, 9.17) is 0 Å². The molecule has 0 saturated carbocycles. The number of hydrogen-bond donors (Lipinski definition) is 0. The first-order valence-electron chi connectivity index (χ1n) is 5.17. The highest BCUT2D eigenvalue weighted by atomic mass is 32.2. The number of aryl methyl sites for hydroxylation is 1. The molecule has 1 fully saturated rings. The van der Waals surface area contributed by atoms with E-state index in [0.717, 1.165) is 5.56 Å². The maximum atomic E-state index is 11.8. The van der Waals surface area contributed by atoms with Gasteiger partial charge in [-0.2, -0.15) is 5.10 Å². The minimum Gasteiger partial charge on any atom is -0.299 e. The summed E-state index contributed by atoms with van der Waals surface area (Å²) in [6.07, 6.45) is 4.18. The molecule has 1 saturated heterocycles. The van der Waals surface area contributed by atoms with Gasteiger partial charge in [0, 0.05) is 25.6 Å². The second-order valence-corrected chi connectivity index (χ2v) is 6.49. The highest BCUT2D eigenvalue weighted by Gasteiger charge is 2.32. The molecule has 0 aromatic carbocycles. The van der Waals surface area contributed by atoms with Crippen molar-refractivity contribution in [1.29, 1.82) is 0 Å². The molecule has 1 aliphatic rings. The molecule has 2 heterocycles. The maximum Gasteiger partial charge on any atom is 0.151 e. The summed E-state index contributed by atoms with van der Waals surface area (Å²) < 4.78 is 24.1. The second kappa shape index (κ2) is 4.01. The molecule has 16 heavy (non-hydrogen) atoms. The van der Waals surface area contributed by atoms with Crippen molar-refractivity contribution in [3.05, 3.63) is 18.0 Å². The zero-order valence-corrected chi connectivity index (χ0v) is 9.90. The minimum absolute atomic E-state index is 0.00840. The lowest BCUT2D eigenvalue weighted by atomic mass is 9.99.